The van der Waals surface area contributed by atoms with Crippen LogP contribution in [-0.2, 0) is 4.74 Å². The fourth-order valence-corrected chi connectivity index (χ4v) is 1.57. The van der Waals surface area contributed by atoms with Gasteiger partial charge in [-0.25, -0.2) is 4.79 Å². The first-order valence-electron chi connectivity index (χ1n) is 3.49. The van der Waals surface area contributed by atoms with Crippen molar-refractivity contribution in [2.45, 2.75) is 0 Å². The van der Waals surface area contributed by atoms with Gasteiger partial charge < -0.3 is 4.74 Å². The Kier molecular flexibility index (Phi) is 3.81. The highest BCUT2D eigenvalue weighted by Crippen LogP contribution is 2.14. The van der Waals surface area contributed by atoms with Crippen LogP contribution in [-0.4, -0.2) is 19.0 Å². The number of thiophene rings is 1. The fourth-order valence-electron chi connectivity index (χ4n) is 0.745. The minimum Gasteiger partial charge on any atom is -0.465 e. The molecule has 0 fully saturated rings. The second-order valence-corrected chi connectivity index (χ2v) is 3.31. The van der Waals surface area contributed by atoms with Gasteiger partial charge in [-0.3, -0.25) is 0 Å². The van der Waals surface area contributed by atoms with Gasteiger partial charge in [-0.1, -0.05) is 11.8 Å². The SMILES string of the molecule is COC(=O)c1cc(C#CCCl)cs1. The molecule has 0 N–H and O–H groups in total. The predicted octanol–water partition coefficient (Wildman–Crippen LogP) is 2.12. The maximum atomic E-state index is 11.0. The second-order valence-electron chi connectivity index (χ2n) is 2.13. The van der Waals surface area contributed by atoms with Crippen LogP contribution in [0.5, 0.6) is 0 Å². The maximum Gasteiger partial charge on any atom is 0.348 e. The van der Waals surface area contributed by atoms with E-state index in [0.29, 0.717) is 10.8 Å². The molecule has 1 heterocycles. The van der Waals surface area contributed by atoms with Crippen molar-refractivity contribution in [3.05, 3.63) is 21.9 Å². The number of methoxy groups -OCH3 is 1. The van der Waals surface area contributed by atoms with E-state index in [9.17, 15) is 4.79 Å². The van der Waals surface area contributed by atoms with E-state index in [0.717, 1.165) is 5.56 Å². The Hall–Kier alpha value is -0.980. The quantitative estimate of drug-likeness (QED) is 0.407. The lowest BCUT2D eigenvalue weighted by Crippen LogP contribution is -1.96. The van der Waals surface area contributed by atoms with Crippen LogP contribution in [0.15, 0.2) is 11.4 Å². The minimum absolute atomic E-state index is 0.295. The molecule has 0 aromatic carbocycles. The third-order valence-electron chi connectivity index (χ3n) is 1.29. The summed E-state index contributed by atoms with van der Waals surface area (Å²) in [6.45, 7) is 0. The number of hydrogen-bond acceptors (Lipinski definition) is 3. The van der Waals surface area contributed by atoms with Gasteiger partial charge in [0.25, 0.3) is 0 Å². The van der Waals surface area contributed by atoms with E-state index < -0.39 is 0 Å². The number of hydrogen-bond donors (Lipinski definition) is 0. The third-order valence-corrected chi connectivity index (χ3v) is 2.33. The van der Waals surface area contributed by atoms with Crippen LogP contribution in [0.2, 0.25) is 0 Å². The smallest absolute Gasteiger partial charge is 0.348 e. The maximum absolute atomic E-state index is 11.0. The standard InChI is InChI=1S/C9H7ClO2S/c1-12-9(11)8-5-7(6-13-8)3-2-4-10/h5-6H,4H2,1H3. The molecule has 0 radical (unpaired) electrons. The van der Waals surface area contributed by atoms with Crippen LogP contribution in [0.1, 0.15) is 15.2 Å². The normalized spacial score (nSPS) is 8.77. The molecule has 0 bridgehead atoms. The Morgan fingerprint density at radius 1 is 1.77 bits per heavy atom. The van der Waals surface area contributed by atoms with Crippen molar-refractivity contribution in [3.63, 3.8) is 0 Å². The Balaban J connectivity index is 2.80. The molecule has 1 aromatic heterocycles. The molecule has 0 aliphatic carbocycles. The summed E-state index contributed by atoms with van der Waals surface area (Å²) >= 11 is 6.70. The number of alkyl halides is 1. The van der Waals surface area contributed by atoms with E-state index in [1.54, 1.807) is 11.4 Å². The van der Waals surface area contributed by atoms with Gasteiger partial charge in [0.1, 0.15) is 4.88 Å². The number of esters is 1. The predicted molar refractivity (Wildman–Crippen MR) is 53.3 cm³/mol. The monoisotopic (exact) mass is 214 g/mol. The fraction of sp³-hybridized carbons (Fsp3) is 0.222. The summed E-state index contributed by atoms with van der Waals surface area (Å²) in [5, 5.41) is 1.80. The summed E-state index contributed by atoms with van der Waals surface area (Å²) in [5.41, 5.74) is 0.797. The van der Waals surface area contributed by atoms with E-state index in [1.807, 2.05) is 0 Å². The second kappa shape index (κ2) is 4.90. The summed E-state index contributed by atoms with van der Waals surface area (Å²) in [5.74, 6) is 5.48. The van der Waals surface area contributed by atoms with Crippen molar-refractivity contribution in [1.82, 2.24) is 0 Å². The average molecular weight is 215 g/mol. The lowest BCUT2D eigenvalue weighted by atomic mass is 10.3. The zero-order valence-corrected chi connectivity index (χ0v) is 8.54. The Morgan fingerprint density at radius 3 is 3.15 bits per heavy atom. The summed E-state index contributed by atoms with van der Waals surface area (Å²) in [7, 11) is 1.35. The molecule has 0 saturated carbocycles. The van der Waals surface area contributed by atoms with Crippen molar-refractivity contribution in [1.29, 1.82) is 0 Å². The van der Waals surface area contributed by atoms with Gasteiger partial charge in [-0.2, -0.15) is 0 Å². The van der Waals surface area contributed by atoms with Crippen LogP contribution in [0.4, 0.5) is 0 Å². The van der Waals surface area contributed by atoms with Crippen LogP contribution in [0.25, 0.3) is 0 Å². The van der Waals surface area contributed by atoms with Crippen molar-refractivity contribution in [2.75, 3.05) is 13.0 Å². The molecule has 2 nitrogen and oxygen atoms in total. The summed E-state index contributed by atoms with van der Waals surface area (Å²) in [6, 6.07) is 1.69. The summed E-state index contributed by atoms with van der Waals surface area (Å²) in [6.07, 6.45) is 0. The van der Waals surface area contributed by atoms with Gasteiger partial charge in [0.2, 0.25) is 0 Å². The molecule has 68 valence electrons. The molecule has 0 spiro atoms. The van der Waals surface area contributed by atoms with Gasteiger partial charge in [-0.15, -0.1) is 22.9 Å². The lowest BCUT2D eigenvalue weighted by molar-refractivity contribution is 0.0606. The van der Waals surface area contributed by atoms with E-state index >= 15 is 0 Å². The molecule has 0 unspecified atom stereocenters. The molecule has 0 amide bonds. The lowest BCUT2D eigenvalue weighted by Gasteiger charge is -1.90. The van der Waals surface area contributed by atoms with Crippen LogP contribution in [0.3, 0.4) is 0 Å². The Morgan fingerprint density at radius 2 is 2.54 bits per heavy atom. The van der Waals surface area contributed by atoms with Gasteiger partial charge in [0, 0.05) is 10.9 Å². The van der Waals surface area contributed by atoms with Gasteiger partial charge in [0.05, 0.1) is 13.0 Å². The highest BCUT2D eigenvalue weighted by Gasteiger charge is 2.07. The number of carbonyl (C=O) groups excluding carboxylic acids is 1. The van der Waals surface area contributed by atoms with Crippen LogP contribution < -0.4 is 0 Å². The van der Waals surface area contributed by atoms with Gasteiger partial charge in [-0.05, 0) is 6.07 Å². The molecule has 0 aliphatic rings. The number of halogens is 1. The first-order chi connectivity index (χ1) is 6.27. The van der Waals surface area contributed by atoms with E-state index in [-0.39, 0.29) is 5.97 Å². The largest absolute Gasteiger partial charge is 0.465 e. The molecule has 0 saturated heterocycles. The summed E-state index contributed by atoms with van der Waals surface area (Å²) in [4.78, 5) is 11.6. The Bertz CT molecular complexity index is 359. The Labute approximate surface area is 85.5 Å². The number of ether oxygens (including phenoxy) is 1. The number of carbonyl (C=O) groups is 1. The average Bonchev–Trinajstić information content (AvgIpc) is 2.62. The molecule has 1 rings (SSSR count). The van der Waals surface area contributed by atoms with Crippen LogP contribution >= 0.6 is 22.9 Å². The van der Waals surface area contributed by atoms with Gasteiger partial charge >= 0.3 is 5.97 Å². The zero-order chi connectivity index (χ0) is 9.68. The first-order valence-corrected chi connectivity index (χ1v) is 4.91. The highest BCUT2D eigenvalue weighted by molar-refractivity contribution is 7.12. The molecular formula is C9H7ClO2S. The first kappa shape index (κ1) is 10.1. The van der Waals surface area contributed by atoms with E-state index in [2.05, 4.69) is 16.6 Å². The van der Waals surface area contributed by atoms with Gasteiger partial charge in [0.15, 0.2) is 0 Å². The minimum atomic E-state index is -0.330. The van der Waals surface area contributed by atoms with E-state index in [1.165, 1.54) is 18.4 Å². The van der Waals surface area contributed by atoms with E-state index in [4.69, 9.17) is 11.6 Å². The van der Waals surface area contributed by atoms with Crippen LogP contribution in [0, 0.1) is 11.8 Å². The molecule has 1 aromatic rings. The summed E-state index contributed by atoms with van der Waals surface area (Å²) < 4.78 is 4.55. The molecule has 0 atom stereocenters. The third kappa shape index (κ3) is 2.76. The molecule has 13 heavy (non-hydrogen) atoms. The molecular weight excluding hydrogens is 208 g/mol. The molecule has 4 heteroatoms. The topological polar surface area (TPSA) is 26.3 Å². The van der Waals surface area contributed by atoms with Crippen molar-refractivity contribution in [2.24, 2.45) is 0 Å². The highest BCUT2D eigenvalue weighted by atomic mass is 35.5. The number of rotatable bonds is 1. The zero-order valence-electron chi connectivity index (χ0n) is 6.96. The van der Waals surface area contributed by atoms with Crippen molar-refractivity contribution >= 4 is 28.9 Å². The van der Waals surface area contributed by atoms with Crippen molar-refractivity contribution < 1.29 is 9.53 Å². The molecule has 0 aliphatic heterocycles. The van der Waals surface area contributed by atoms with Crippen molar-refractivity contribution in [3.8, 4) is 11.8 Å².